The molecule has 1 aliphatic heterocycles. The van der Waals surface area contributed by atoms with Crippen molar-refractivity contribution in [2.75, 3.05) is 0 Å². The van der Waals surface area contributed by atoms with Crippen molar-refractivity contribution in [3.05, 3.63) is 62.7 Å². The second-order valence-electron chi connectivity index (χ2n) is 5.41. The molecule has 0 radical (unpaired) electrons. The van der Waals surface area contributed by atoms with Crippen LogP contribution in [0.2, 0.25) is 0 Å². The van der Waals surface area contributed by atoms with Gasteiger partial charge in [-0.15, -0.1) is 5.10 Å². The number of aromatic nitrogens is 2. The maximum absolute atomic E-state index is 11.1. The molecule has 2 aromatic rings. The number of aryl methyl sites for hydroxylation is 1. The Hall–Kier alpha value is -3.34. The van der Waals surface area contributed by atoms with E-state index in [0.29, 0.717) is 16.8 Å². The van der Waals surface area contributed by atoms with E-state index in [-0.39, 0.29) is 23.0 Å². The number of aromatic amines is 1. The normalized spacial score (nSPS) is 19.7. The van der Waals surface area contributed by atoms with Crippen molar-refractivity contribution < 1.29 is 9.66 Å². The van der Waals surface area contributed by atoms with Gasteiger partial charge in [0.25, 0.3) is 5.69 Å². The summed E-state index contributed by atoms with van der Waals surface area (Å²) in [4.78, 5) is 10.6. The van der Waals surface area contributed by atoms with Gasteiger partial charge in [-0.25, -0.2) is 0 Å². The lowest BCUT2D eigenvalue weighted by Crippen LogP contribution is -2.34. The van der Waals surface area contributed by atoms with Crippen molar-refractivity contribution in [2.45, 2.75) is 19.3 Å². The number of allylic oxidation sites excluding steroid dienone is 1. The Morgan fingerprint density at radius 3 is 2.91 bits per heavy atom. The van der Waals surface area contributed by atoms with Gasteiger partial charge in [-0.3, -0.25) is 15.2 Å². The molecule has 0 saturated heterocycles. The number of fused-ring (bicyclic) bond motifs is 1. The van der Waals surface area contributed by atoms with Crippen molar-refractivity contribution in [3.63, 3.8) is 0 Å². The number of hydrogen-bond donors (Lipinski definition) is 2. The first-order valence-corrected chi connectivity index (χ1v) is 6.78. The summed E-state index contributed by atoms with van der Waals surface area (Å²) in [6.07, 6.45) is 0. The molecule has 1 aromatic heterocycles. The number of benzene rings is 1. The van der Waals surface area contributed by atoms with Crippen molar-refractivity contribution in [1.82, 2.24) is 10.2 Å². The van der Waals surface area contributed by atoms with Crippen LogP contribution in [0.25, 0.3) is 0 Å². The predicted molar refractivity (Wildman–Crippen MR) is 80.3 cm³/mol. The van der Waals surface area contributed by atoms with Crippen LogP contribution in [0.3, 0.4) is 0 Å². The molecular weight excluding hydrogens is 298 g/mol. The van der Waals surface area contributed by atoms with Crippen molar-refractivity contribution in [3.8, 4) is 11.9 Å². The van der Waals surface area contributed by atoms with Gasteiger partial charge in [0.15, 0.2) is 0 Å². The zero-order valence-electron chi connectivity index (χ0n) is 12.5. The monoisotopic (exact) mass is 311 g/mol. The lowest BCUT2D eigenvalue weighted by Gasteiger charge is -2.33. The highest BCUT2D eigenvalue weighted by atomic mass is 16.6. The number of nitro groups is 1. The summed E-state index contributed by atoms with van der Waals surface area (Å²) < 4.78 is 5.41. The molecule has 23 heavy (non-hydrogen) atoms. The number of nitriles is 1. The van der Waals surface area contributed by atoms with Crippen molar-refractivity contribution >= 4 is 5.69 Å². The zero-order valence-corrected chi connectivity index (χ0v) is 12.5. The molecule has 1 aliphatic rings. The van der Waals surface area contributed by atoms with E-state index in [1.165, 1.54) is 12.1 Å². The number of rotatable bonds is 2. The van der Waals surface area contributed by atoms with E-state index in [1.807, 2.05) is 0 Å². The Morgan fingerprint density at radius 2 is 2.26 bits per heavy atom. The van der Waals surface area contributed by atoms with Gasteiger partial charge in [0, 0.05) is 17.8 Å². The van der Waals surface area contributed by atoms with Crippen LogP contribution in [0.5, 0.6) is 5.88 Å². The molecule has 0 unspecified atom stereocenters. The quantitative estimate of drug-likeness (QED) is 0.644. The molecule has 3 N–H and O–H groups in total. The van der Waals surface area contributed by atoms with E-state index in [1.54, 1.807) is 26.0 Å². The van der Waals surface area contributed by atoms with Gasteiger partial charge < -0.3 is 10.5 Å². The molecule has 0 aliphatic carbocycles. The number of nitro benzene ring substituents is 1. The number of nitrogens with zero attached hydrogens (tertiary/aromatic N) is 3. The molecular formula is C15H13N5O3. The fraction of sp³-hybridized carbons (Fsp3) is 0.200. The van der Waals surface area contributed by atoms with E-state index in [0.717, 1.165) is 0 Å². The first-order chi connectivity index (χ1) is 10.9. The van der Waals surface area contributed by atoms with Crippen LogP contribution in [0.15, 0.2) is 35.7 Å². The largest absolute Gasteiger partial charge is 0.420 e. The lowest BCUT2D eigenvalue weighted by molar-refractivity contribution is -0.384. The summed E-state index contributed by atoms with van der Waals surface area (Å²) >= 11 is 0. The Morgan fingerprint density at radius 1 is 1.52 bits per heavy atom. The SMILES string of the molecule is Cc1[nH]nc2c1[C@](C)(c1cccc([N+](=O)[O-])c1)C(C#N)=C(N)O2. The fourth-order valence-electron chi connectivity index (χ4n) is 2.98. The predicted octanol–water partition coefficient (Wildman–Crippen LogP) is 2.02. The van der Waals surface area contributed by atoms with E-state index < -0.39 is 10.3 Å². The Bertz CT molecular complexity index is 893. The molecule has 2 heterocycles. The molecule has 1 aromatic carbocycles. The first kappa shape index (κ1) is 14.6. The average molecular weight is 311 g/mol. The third kappa shape index (κ3) is 1.94. The van der Waals surface area contributed by atoms with Gasteiger partial charge in [0.1, 0.15) is 11.6 Å². The number of ether oxygens (including phenoxy) is 1. The number of non-ortho nitro benzene ring substituents is 1. The fourth-order valence-corrected chi connectivity index (χ4v) is 2.98. The zero-order chi connectivity index (χ0) is 16.8. The Labute approximate surface area is 131 Å². The lowest BCUT2D eigenvalue weighted by atomic mass is 9.70. The van der Waals surface area contributed by atoms with Gasteiger partial charge in [-0.2, -0.15) is 5.26 Å². The Balaban J connectivity index is 2.34. The summed E-state index contributed by atoms with van der Waals surface area (Å²) in [7, 11) is 0. The first-order valence-electron chi connectivity index (χ1n) is 6.78. The van der Waals surface area contributed by atoms with E-state index in [9.17, 15) is 15.4 Å². The molecule has 0 amide bonds. The van der Waals surface area contributed by atoms with Crippen LogP contribution in [-0.4, -0.2) is 15.1 Å². The molecule has 0 spiro atoms. The topological polar surface area (TPSA) is 131 Å². The standard InChI is InChI=1S/C15H13N5O3/c1-8-12-14(19-18-8)23-13(17)11(7-16)15(12,2)9-4-3-5-10(6-9)20(21)22/h3-6H,17H2,1-2H3,(H,18,19)/t15-/m1/s1. The molecule has 3 rings (SSSR count). The molecule has 1 atom stereocenters. The number of H-pyrrole nitrogens is 1. The van der Waals surface area contributed by atoms with E-state index in [4.69, 9.17) is 10.5 Å². The minimum atomic E-state index is -0.991. The minimum Gasteiger partial charge on any atom is -0.420 e. The third-order valence-corrected chi connectivity index (χ3v) is 4.11. The Kier molecular flexibility index (Phi) is 3.07. The van der Waals surface area contributed by atoms with Crippen molar-refractivity contribution in [1.29, 1.82) is 5.26 Å². The molecule has 8 nitrogen and oxygen atoms in total. The maximum Gasteiger partial charge on any atom is 0.269 e. The summed E-state index contributed by atoms with van der Waals surface area (Å²) in [6.45, 7) is 3.57. The molecule has 0 fully saturated rings. The number of nitrogens with one attached hydrogen (secondary N) is 1. The highest BCUT2D eigenvalue weighted by Crippen LogP contribution is 2.48. The second-order valence-corrected chi connectivity index (χ2v) is 5.41. The van der Waals surface area contributed by atoms with E-state index >= 15 is 0 Å². The van der Waals surface area contributed by atoms with Crippen LogP contribution < -0.4 is 10.5 Å². The third-order valence-electron chi connectivity index (χ3n) is 4.11. The van der Waals surface area contributed by atoms with Gasteiger partial charge in [0.05, 0.1) is 15.9 Å². The van der Waals surface area contributed by atoms with Crippen LogP contribution in [0.4, 0.5) is 5.69 Å². The maximum atomic E-state index is 11.1. The van der Waals surface area contributed by atoms with Gasteiger partial charge in [0.2, 0.25) is 11.8 Å². The van der Waals surface area contributed by atoms with E-state index in [2.05, 4.69) is 16.3 Å². The second kappa shape index (κ2) is 4.84. The average Bonchev–Trinajstić information content (AvgIpc) is 2.89. The van der Waals surface area contributed by atoms with Crippen molar-refractivity contribution in [2.24, 2.45) is 5.73 Å². The number of hydrogen-bond acceptors (Lipinski definition) is 6. The smallest absolute Gasteiger partial charge is 0.269 e. The van der Waals surface area contributed by atoms with Gasteiger partial charge in [-0.05, 0) is 19.4 Å². The van der Waals surface area contributed by atoms with Crippen LogP contribution in [0.1, 0.15) is 23.7 Å². The van der Waals surface area contributed by atoms with Crippen LogP contribution in [-0.2, 0) is 5.41 Å². The summed E-state index contributed by atoms with van der Waals surface area (Å²) in [6, 6.07) is 8.20. The molecule has 116 valence electrons. The molecule has 8 heteroatoms. The number of nitrogens with two attached hydrogens (primary N) is 1. The highest BCUT2D eigenvalue weighted by Gasteiger charge is 2.45. The van der Waals surface area contributed by atoms with Crippen LogP contribution >= 0.6 is 0 Å². The minimum absolute atomic E-state index is 0.0551. The summed E-state index contributed by atoms with van der Waals surface area (Å²) in [5.41, 5.74) is 6.92. The summed E-state index contributed by atoms with van der Waals surface area (Å²) in [5.74, 6) is 0.216. The van der Waals surface area contributed by atoms with Crippen LogP contribution in [0, 0.1) is 28.4 Å². The summed E-state index contributed by atoms with van der Waals surface area (Å²) in [5, 5.41) is 27.5. The van der Waals surface area contributed by atoms with Gasteiger partial charge >= 0.3 is 0 Å². The molecule has 0 saturated carbocycles. The highest BCUT2D eigenvalue weighted by molar-refractivity contribution is 5.61. The van der Waals surface area contributed by atoms with Gasteiger partial charge in [-0.1, -0.05) is 12.1 Å². The molecule has 0 bridgehead atoms.